The maximum absolute atomic E-state index is 13.3. The molecule has 32 heavy (non-hydrogen) atoms. The molecule has 1 aliphatic carbocycles. The monoisotopic (exact) mass is 451 g/mol. The molecular formula is C22H28F3N5O2. The van der Waals surface area contributed by atoms with Crippen LogP contribution in [0.25, 0.3) is 0 Å². The van der Waals surface area contributed by atoms with Crippen molar-refractivity contribution in [1.29, 1.82) is 0 Å². The molecule has 0 aliphatic heterocycles. The molecule has 0 spiro atoms. The van der Waals surface area contributed by atoms with Crippen molar-refractivity contribution in [3.63, 3.8) is 0 Å². The van der Waals surface area contributed by atoms with Crippen molar-refractivity contribution < 1.29 is 22.7 Å². The van der Waals surface area contributed by atoms with Crippen LogP contribution in [0, 0.1) is 11.3 Å². The number of pyridine rings is 1. The van der Waals surface area contributed by atoms with Crippen LogP contribution in [0.4, 0.5) is 24.8 Å². The van der Waals surface area contributed by atoms with E-state index in [2.05, 4.69) is 51.1 Å². The fraction of sp³-hybridized carbons (Fsp3) is 0.545. The summed E-state index contributed by atoms with van der Waals surface area (Å²) in [5.74, 6) is 0.117. The lowest BCUT2D eigenvalue weighted by molar-refractivity contribution is -0.0665. The van der Waals surface area contributed by atoms with Crippen molar-refractivity contribution in [1.82, 2.24) is 15.0 Å². The molecule has 2 aromatic rings. The van der Waals surface area contributed by atoms with Crippen molar-refractivity contribution in [2.24, 2.45) is 11.3 Å². The van der Waals surface area contributed by atoms with Gasteiger partial charge in [0.05, 0.1) is 6.20 Å². The summed E-state index contributed by atoms with van der Waals surface area (Å²) in [5.41, 5.74) is 0.298. The minimum absolute atomic E-state index is 0.0468. The lowest BCUT2D eigenvalue weighted by atomic mass is 9.71. The molecule has 1 atom stereocenters. The summed E-state index contributed by atoms with van der Waals surface area (Å²) in [6.07, 6.45) is 1.94. The number of nitrogens with zero attached hydrogens (tertiary/aromatic N) is 3. The van der Waals surface area contributed by atoms with Crippen molar-refractivity contribution in [2.75, 3.05) is 10.6 Å². The number of carbonyl (C=O) groups is 1. The molecule has 2 N–H and O–H groups in total. The second-order valence-corrected chi connectivity index (χ2v) is 8.95. The summed E-state index contributed by atoms with van der Waals surface area (Å²) >= 11 is 0. The first kappa shape index (κ1) is 23.7. The largest absolute Gasteiger partial charge is 0.452 e. The van der Waals surface area contributed by atoms with E-state index in [0.717, 1.165) is 25.7 Å². The van der Waals surface area contributed by atoms with E-state index < -0.39 is 18.7 Å². The molecule has 3 rings (SSSR count). The van der Waals surface area contributed by atoms with Crippen LogP contribution >= 0.6 is 0 Å². The van der Waals surface area contributed by atoms with Gasteiger partial charge in [-0.1, -0.05) is 20.8 Å². The molecule has 1 unspecified atom stereocenters. The number of anilines is 2. The Kier molecular flexibility index (Phi) is 7.52. The number of carbonyl (C=O) groups excluding carboxylic acids is 1. The first-order valence-corrected chi connectivity index (χ1v) is 10.6. The van der Waals surface area contributed by atoms with E-state index in [9.17, 15) is 18.0 Å². The molecule has 2 heterocycles. The lowest BCUT2D eigenvalue weighted by Gasteiger charge is -2.37. The van der Waals surface area contributed by atoms with E-state index in [0.29, 0.717) is 11.9 Å². The Hall–Kier alpha value is -2.91. The van der Waals surface area contributed by atoms with Gasteiger partial charge in [0, 0.05) is 24.5 Å². The Labute approximate surface area is 185 Å². The number of hydrogen-bond donors (Lipinski definition) is 2. The van der Waals surface area contributed by atoms with Gasteiger partial charge in [-0.3, -0.25) is 9.78 Å². The number of alkyl halides is 3. The summed E-state index contributed by atoms with van der Waals surface area (Å²) < 4.78 is 42.8. The summed E-state index contributed by atoms with van der Waals surface area (Å²) in [5, 5.41) is 5.76. The zero-order valence-corrected chi connectivity index (χ0v) is 18.3. The smallest absolute Gasteiger partial charge is 0.304 e. The molecule has 7 nitrogen and oxygen atoms in total. The summed E-state index contributed by atoms with van der Waals surface area (Å²) in [6, 6.07) is 2.83. The van der Waals surface area contributed by atoms with E-state index in [-0.39, 0.29) is 28.6 Å². The second-order valence-electron chi connectivity index (χ2n) is 8.95. The molecule has 10 heteroatoms. The first-order valence-electron chi connectivity index (χ1n) is 10.6. The second kappa shape index (κ2) is 10.1. The van der Waals surface area contributed by atoms with Crippen LogP contribution in [0.3, 0.4) is 0 Å². The molecule has 0 aromatic carbocycles. The molecule has 1 saturated carbocycles. The standard InChI is InChI=1S/C22H28F3N5O2/c1-22(2,3)13-4-6-14(7-5-13)28-21-27-11-8-15(30-21)20(31)29-16-12-26-10-9-17(16)32-19(25)18(23)24/h8-14,18-19H,4-7H2,1-3H3,(H,29,31)(H,27,28,30). The van der Waals surface area contributed by atoms with Gasteiger partial charge < -0.3 is 15.4 Å². The van der Waals surface area contributed by atoms with Gasteiger partial charge in [-0.2, -0.15) is 4.39 Å². The minimum Gasteiger partial charge on any atom is -0.452 e. The van der Waals surface area contributed by atoms with Crippen molar-refractivity contribution >= 4 is 17.5 Å². The molecular weight excluding hydrogens is 423 g/mol. The van der Waals surface area contributed by atoms with Crippen LogP contribution in [0.5, 0.6) is 5.75 Å². The number of hydrogen-bond acceptors (Lipinski definition) is 6. The van der Waals surface area contributed by atoms with E-state index in [1.54, 1.807) is 0 Å². The third-order valence-electron chi connectivity index (χ3n) is 5.64. The molecule has 1 aliphatic rings. The molecule has 1 amide bonds. The van der Waals surface area contributed by atoms with Crippen molar-refractivity contribution in [2.45, 2.75) is 65.3 Å². The van der Waals surface area contributed by atoms with Crippen LogP contribution in [0.15, 0.2) is 30.7 Å². The molecule has 2 aromatic heterocycles. The number of nitrogens with one attached hydrogen (secondary N) is 2. The highest BCUT2D eigenvalue weighted by Crippen LogP contribution is 2.38. The van der Waals surface area contributed by atoms with Crippen molar-refractivity contribution in [3.05, 3.63) is 36.4 Å². The average molecular weight is 451 g/mol. The molecule has 0 saturated heterocycles. The van der Waals surface area contributed by atoms with E-state index in [1.807, 2.05) is 0 Å². The van der Waals surface area contributed by atoms with Gasteiger partial charge in [0.1, 0.15) is 17.1 Å². The zero-order chi connectivity index (χ0) is 23.3. The maximum atomic E-state index is 13.3. The molecule has 1 fully saturated rings. The molecule has 0 radical (unpaired) electrons. The summed E-state index contributed by atoms with van der Waals surface area (Å²) in [7, 11) is 0. The van der Waals surface area contributed by atoms with Crippen LogP contribution < -0.4 is 15.4 Å². The highest BCUT2D eigenvalue weighted by Gasteiger charge is 2.30. The fourth-order valence-corrected chi connectivity index (χ4v) is 3.78. The Bertz CT molecular complexity index is 914. The maximum Gasteiger partial charge on any atom is 0.304 e. The lowest BCUT2D eigenvalue weighted by Crippen LogP contribution is -2.32. The average Bonchev–Trinajstić information content (AvgIpc) is 2.75. The molecule has 0 bridgehead atoms. The Morgan fingerprint density at radius 2 is 1.84 bits per heavy atom. The van der Waals surface area contributed by atoms with Gasteiger partial charge in [-0.25, -0.2) is 18.7 Å². The summed E-state index contributed by atoms with van der Waals surface area (Å²) in [6.45, 7) is 6.78. The normalized spacial score (nSPS) is 20.0. The van der Waals surface area contributed by atoms with Gasteiger partial charge >= 0.3 is 6.43 Å². The SMILES string of the molecule is CC(C)(C)C1CCC(Nc2nccc(C(=O)Nc3cnccc3OC(F)C(F)F)n2)CC1. The van der Waals surface area contributed by atoms with Crippen LogP contribution in [-0.2, 0) is 0 Å². The number of aromatic nitrogens is 3. The van der Waals surface area contributed by atoms with Crippen LogP contribution in [0.2, 0.25) is 0 Å². The first-order chi connectivity index (χ1) is 15.1. The quantitative estimate of drug-likeness (QED) is 0.610. The Morgan fingerprint density at radius 1 is 1.12 bits per heavy atom. The fourth-order valence-electron chi connectivity index (χ4n) is 3.78. The third-order valence-corrected chi connectivity index (χ3v) is 5.64. The molecule has 174 valence electrons. The number of halogens is 3. The van der Waals surface area contributed by atoms with Crippen LogP contribution in [-0.4, -0.2) is 39.7 Å². The van der Waals surface area contributed by atoms with E-state index in [4.69, 9.17) is 0 Å². The van der Waals surface area contributed by atoms with Gasteiger partial charge in [0.15, 0.2) is 0 Å². The summed E-state index contributed by atoms with van der Waals surface area (Å²) in [4.78, 5) is 24.9. The van der Waals surface area contributed by atoms with Gasteiger partial charge in [0.25, 0.3) is 12.3 Å². The van der Waals surface area contributed by atoms with Gasteiger partial charge in [0.2, 0.25) is 5.95 Å². The van der Waals surface area contributed by atoms with Crippen LogP contribution in [0.1, 0.15) is 56.9 Å². The Balaban J connectivity index is 1.63. The van der Waals surface area contributed by atoms with E-state index in [1.165, 1.54) is 30.7 Å². The zero-order valence-electron chi connectivity index (χ0n) is 18.3. The highest BCUT2D eigenvalue weighted by molar-refractivity contribution is 6.03. The number of rotatable bonds is 7. The number of ether oxygens (including phenoxy) is 1. The predicted octanol–water partition coefficient (Wildman–Crippen LogP) is 5.08. The number of amides is 1. The van der Waals surface area contributed by atoms with E-state index >= 15 is 0 Å². The minimum atomic E-state index is -3.32. The topological polar surface area (TPSA) is 89.0 Å². The predicted molar refractivity (Wildman–Crippen MR) is 115 cm³/mol. The third kappa shape index (κ3) is 6.30. The van der Waals surface area contributed by atoms with Gasteiger partial charge in [-0.05, 0) is 43.1 Å². The van der Waals surface area contributed by atoms with Crippen molar-refractivity contribution in [3.8, 4) is 5.75 Å². The highest BCUT2D eigenvalue weighted by atomic mass is 19.3. The Morgan fingerprint density at radius 3 is 2.50 bits per heavy atom. The van der Waals surface area contributed by atoms with Gasteiger partial charge in [-0.15, -0.1) is 0 Å².